The predicted octanol–water partition coefficient (Wildman–Crippen LogP) is 4.45. The van der Waals surface area contributed by atoms with Gasteiger partial charge in [0.15, 0.2) is 0 Å². The molecule has 1 amide bonds. The second kappa shape index (κ2) is 7.01. The highest BCUT2D eigenvalue weighted by atomic mass is 16.6. The van der Waals surface area contributed by atoms with E-state index in [-0.39, 0.29) is 18.2 Å². The fourth-order valence-corrected chi connectivity index (χ4v) is 4.77. The van der Waals surface area contributed by atoms with Gasteiger partial charge in [0.1, 0.15) is 11.4 Å². The largest absolute Gasteiger partial charge is 0.496 e. The average Bonchev–Trinajstić information content (AvgIpc) is 2.54. The van der Waals surface area contributed by atoms with Crippen molar-refractivity contribution in [1.82, 2.24) is 4.90 Å². The third-order valence-electron chi connectivity index (χ3n) is 5.86. The monoisotopic (exact) mass is 375 g/mol. The number of fused-ring (bicyclic) bond motifs is 2. The molecular weight excluding hydrogens is 342 g/mol. The van der Waals surface area contributed by atoms with E-state index in [1.807, 2.05) is 51.7 Å². The summed E-state index contributed by atoms with van der Waals surface area (Å²) in [5.41, 5.74) is 1.58. The van der Waals surface area contributed by atoms with Crippen molar-refractivity contribution >= 4 is 6.09 Å². The van der Waals surface area contributed by atoms with Crippen LogP contribution < -0.4 is 4.74 Å². The van der Waals surface area contributed by atoms with Gasteiger partial charge in [-0.2, -0.15) is 0 Å². The molecule has 0 radical (unpaired) electrons. The molecular formula is C22H33NO4. The molecule has 1 aromatic carbocycles. The molecule has 2 atom stereocenters. The molecule has 0 aromatic heterocycles. The number of carbonyl (C=O) groups is 1. The smallest absolute Gasteiger partial charge is 0.410 e. The maximum atomic E-state index is 12.8. The third-order valence-corrected chi connectivity index (χ3v) is 5.86. The number of nitrogens with zero attached hydrogens (tertiary/aromatic N) is 1. The van der Waals surface area contributed by atoms with Crippen molar-refractivity contribution < 1.29 is 19.4 Å². The Kier molecular flexibility index (Phi) is 5.19. The van der Waals surface area contributed by atoms with Gasteiger partial charge >= 0.3 is 6.09 Å². The third kappa shape index (κ3) is 3.93. The number of amides is 1. The first-order valence-electron chi connectivity index (χ1n) is 9.93. The van der Waals surface area contributed by atoms with Crippen molar-refractivity contribution in [1.29, 1.82) is 0 Å². The summed E-state index contributed by atoms with van der Waals surface area (Å²) in [6, 6.07) is 4.07. The van der Waals surface area contributed by atoms with Crippen LogP contribution in [0, 0.1) is 13.8 Å². The number of hydrogen-bond acceptors (Lipinski definition) is 4. The van der Waals surface area contributed by atoms with Gasteiger partial charge in [0, 0.05) is 24.9 Å². The highest BCUT2D eigenvalue weighted by Gasteiger charge is 2.49. The molecule has 5 heteroatoms. The molecule has 2 heterocycles. The second-order valence-electron chi connectivity index (χ2n) is 9.20. The van der Waals surface area contributed by atoms with Crippen LogP contribution in [-0.2, 0) is 10.3 Å². The topological polar surface area (TPSA) is 59.0 Å². The molecule has 2 saturated heterocycles. The lowest BCUT2D eigenvalue weighted by Crippen LogP contribution is -2.59. The van der Waals surface area contributed by atoms with Crippen LogP contribution in [0.2, 0.25) is 0 Å². The Labute approximate surface area is 162 Å². The second-order valence-corrected chi connectivity index (χ2v) is 9.20. The lowest BCUT2D eigenvalue weighted by Gasteiger charge is -2.52. The van der Waals surface area contributed by atoms with Gasteiger partial charge in [-0.15, -0.1) is 0 Å². The molecule has 1 N–H and O–H groups in total. The quantitative estimate of drug-likeness (QED) is 0.829. The Morgan fingerprint density at radius 3 is 2.26 bits per heavy atom. The van der Waals surface area contributed by atoms with Crippen molar-refractivity contribution in [2.75, 3.05) is 7.11 Å². The minimum Gasteiger partial charge on any atom is -0.496 e. The van der Waals surface area contributed by atoms with Gasteiger partial charge in [0.05, 0.1) is 12.7 Å². The summed E-state index contributed by atoms with van der Waals surface area (Å²) >= 11 is 0. The predicted molar refractivity (Wildman–Crippen MR) is 105 cm³/mol. The van der Waals surface area contributed by atoms with Crippen molar-refractivity contribution in [3.8, 4) is 5.75 Å². The number of aliphatic hydroxyl groups is 1. The molecule has 3 rings (SSSR count). The van der Waals surface area contributed by atoms with E-state index < -0.39 is 11.2 Å². The van der Waals surface area contributed by atoms with Crippen LogP contribution in [0.3, 0.4) is 0 Å². The van der Waals surface area contributed by atoms with E-state index in [4.69, 9.17) is 9.47 Å². The van der Waals surface area contributed by atoms with Crippen LogP contribution in [0.15, 0.2) is 12.1 Å². The van der Waals surface area contributed by atoms with Gasteiger partial charge in [-0.25, -0.2) is 4.79 Å². The lowest BCUT2D eigenvalue weighted by atomic mass is 9.71. The molecule has 1 aromatic rings. The Morgan fingerprint density at radius 2 is 1.74 bits per heavy atom. The van der Waals surface area contributed by atoms with E-state index >= 15 is 0 Å². The zero-order valence-corrected chi connectivity index (χ0v) is 17.5. The summed E-state index contributed by atoms with van der Waals surface area (Å²) < 4.78 is 11.1. The molecule has 0 spiro atoms. The molecule has 2 fully saturated rings. The van der Waals surface area contributed by atoms with Crippen molar-refractivity contribution in [2.45, 2.75) is 90.0 Å². The minimum atomic E-state index is -0.921. The Bertz CT molecular complexity index is 708. The summed E-state index contributed by atoms with van der Waals surface area (Å²) in [6.07, 6.45) is 3.76. The van der Waals surface area contributed by atoms with Crippen molar-refractivity contribution in [3.05, 3.63) is 28.8 Å². The summed E-state index contributed by atoms with van der Waals surface area (Å²) in [5.74, 6) is 0.839. The van der Waals surface area contributed by atoms with Crippen LogP contribution in [-0.4, -0.2) is 40.9 Å². The Balaban J connectivity index is 1.90. The summed E-state index contributed by atoms with van der Waals surface area (Å²) in [7, 11) is 1.67. The average molecular weight is 376 g/mol. The first-order valence-corrected chi connectivity index (χ1v) is 9.93. The maximum Gasteiger partial charge on any atom is 0.410 e. The molecule has 150 valence electrons. The van der Waals surface area contributed by atoms with Crippen LogP contribution in [0.4, 0.5) is 4.79 Å². The number of carbonyl (C=O) groups excluding carboxylic acids is 1. The van der Waals surface area contributed by atoms with E-state index in [9.17, 15) is 9.90 Å². The number of ether oxygens (including phenoxy) is 2. The molecule has 27 heavy (non-hydrogen) atoms. The van der Waals surface area contributed by atoms with Crippen LogP contribution in [0.25, 0.3) is 0 Å². The van der Waals surface area contributed by atoms with E-state index in [0.29, 0.717) is 12.8 Å². The van der Waals surface area contributed by atoms with Gasteiger partial charge in [-0.1, -0.05) is 0 Å². The SMILES string of the molecule is COc1cc(C)c(C2(O)CC3CCCC(C2)N3C(=O)OC(C)(C)C)cc1C. The summed E-state index contributed by atoms with van der Waals surface area (Å²) in [6.45, 7) is 9.70. The summed E-state index contributed by atoms with van der Waals surface area (Å²) in [4.78, 5) is 14.7. The highest BCUT2D eigenvalue weighted by molar-refractivity contribution is 5.69. The van der Waals surface area contributed by atoms with Crippen molar-refractivity contribution in [3.63, 3.8) is 0 Å². The first-order chi connectivity index (χ1) is 12.5. The van der Waals surface area contributed by atoms with Gasteiger partial charge < -0.3 is 19.5 Å². The van der Waals surface area contributed by atoms with Gasteiger partial charge in [0.25, 0.3) is 0 Å². The summed E-state index contributed by atoms with van der Waals surface area (Å²) in [5, 5.41) is 11.6. The van der Waals surface area contributed by atoms with E-state index in [0.717, 1.165) is 41.7 Å². The molecule has 2 bridgehead atoms. The number of rotatable bonds is 2. The van der Waals surface area contributed by atoms with Crippen molar-refractivity contribution in [2.24, 2.45) is 0 Å². The number of piperidine rings is 2. The van der Waals surface area contributed by atoms with Crippen LogP contribution in [0.5, 0.6) is 5.75 Å². The standard InChI is InChI=1S/C22H33NO4/c1-14-11-19(26-6)15(2)10-18(14)22(25)12-16-8-7-9-17(13-22)23(16)20(24)27-21(3,4)5/h10-11,16-17,25H,7-9,12-13H2,1-6H3. The van der Waals surface area contributed by atoms with Gasteiger partial charge in [-0.3, -0.25) is 0 Å². The minimum absolute atomic E-state index is 0.0131. The lowest BCUT2D eigenvalue weighted by molar-refractivity contribution is -0.0967. The normalized spacial score (nSPS) is 28.0. The molecule has 0 saturated carbocycles. The van der Waals surface area contributed by atoms with Crippen LogP contribution >= 0.6 is 0 Å². The molecule has 2 aliphatic heterocycles. The Hall–Kier alpha value is -1.75. The van der Waals surface area contributed by atoms with Gasteiger partial charge in [0.2, 0.25) is 0 Å². The number of hydrogen-bond donors (Lipinski definition) is 1. The van der Waals surface area contributed by atoms with E-state index in [2.05, 4.69) is 0 Å². The zero-order valence-electron chi connectivity index (χ0n) is 17.5. The highest BCUT2D eigenvalue weighted by Crippen LogP contribution is 2.46. The van der Waals surface area contributed by atoms with Crippen LogP contribution in [0.1, 0.15) is 69.6 Å². The fraction of sp³-hybridized carbons (Fsp3) is 0.682. The fourth-order valence-electron chi connectivity index (χ4n) is 4.77. The van der Waals surface area contributed by atoms with E-state index in [1.54, 1.807) is 7.11 Å². The molecule has 2 unspecified atom stereocenters. The maximum absolute atomic E-state index is 12.8. The number of aryl methyl sites for hydroxylation is 2. The molecule has 5 nitrogen and oxygen atoms in total. The Morgan fingerprint density at radius 1 is 1.15 bits per heavy atom. The number of methoxy groups -OCH3 is 1. The number of benzene rings is 1. The van der Waals surface area contributed by atoms with Gasteiger partial charge in [-0.05, 0) is 82.7 Å². The molecule has 2 aliphatic rings. The zero-order chi connectivity index (χ0) is 20.0. The first kappa shape index (κ1) is 20.0. The van der Waals surface area contributed by atoms with E-state index in [1.165, 1.54) is 0 Å². The molecule has 0 aliphatic carbocycles.